The van der Waals surface area contributed by atoms with Crippen LogP contribution >= 0.6 is 0 Å². The molecule has 5 heteroatoms. The second kappa shape index (κ2) is 8.93. The number of amides is 1. The summed E-state index contributed by atoms with van der Waals surface area (Å²) in [5.41, 5.74) is 8.79. The summed E-state index contributed by atoms with van der Waals surface area (Å²) in [7, 11) is 0. The van der Waals surface area contributed by atoms with Crippen LogP contribution in [-0.2, 0) is 11.3 Å². The van der Waals surface area contributed by atoms with Gasteiger partial charge in [-0.25, -0.2) is 0 Å². The van der Waals surface area contributed by atoms with E-state index in [1.807, 2.05) is 32.0 Å². The number of aryl methyl sites for hydroxylation is 1. The highest BCUT2D eigenvalue weighted by Gasteiger charge is 2.10. The van der Waals surface area contributed by atoms with Crippen LogP contribution in [0.25, 0.3) is 0 Å². The molecule has 0 aliphatic carbocycles. The Hall–Kier alpha value is -2.53. The van der Waals surface area contributed by atoms with E-state index >= 15 is 0 Å². The van der Waals surface area contributed by atoms with Gasteiger partial charge in [-0.1, -0.05) is 24.3 Å². The molecule has 0 bridgehead atoms. The number of benzene rings is 2. The van der Waals surface area contributed by atoms with Crippen molar-refractivity contribution in [2.24, 2.45) is 0 Å². The normalized spacial score (nSPS) is 10.4. The summed E-state index contributed by atoms with van der Waals surface area (Å²) in [6.07, 6.45) is 0. The predicted molar refractivity (Wildman–Crippen MR) is 95.2 cm³/mol. The molecule has 0 aliphatic heterocycles. The molecule has 0 saturated carbocycles. The molecule has 2 aromatic carbocycles. The van der Waals surface area contributed by atoms with E-state index in [1.165, 1.54) is 0 Å². The minimum Gasteiger partial charge on any atom is -0.491 e. The van der Waals surface area contributed by atoms with E-state index in [2.05, 4.69) is 5.32 Å². The van der Waals surface area contributed by atoms with Crippen LogP contribution in [0.5, 0.6) is 5.75 Å². The van der Waals surface area contributed by atoms with Crippen LogP contribution in [0.1, 0.15) is 28.4 Å². The van der Waals surface area contributed by atoms with Crippen molar-refractivity contribution < 1.29 is 14.3 Å². The van der Waals surface area contributed by atoms with E-state index in [4.69, 9.17) is 15.2 Å². The van der Waals surface area contributed by atoms with Crippen molar-refractivity contribution >= 4 is 11.6 Å². The molecule has 2 aromatic rings. The molecule has 0 atom stereocenters. The van der Waals surface area contributed by atoms with Crippen molar-refractivity contribution in [1.29, 1.82) is 0 Å². The lowest BCUT2D eigenvalue weighted by atomic mass is 10.1. The Kier molecular flexibility index (Phi) is 6.63. The van der Waals surface area contributed by atoms with Crippen LogP contribution in [0, 0.1) is 6.92 Å². The molecule has 0 unspecified atom stereocenters. The number of nitrogens with two attached hydrogens (primary N) is 1. The highest BCUT2D eigenvalue weighted by Crippen LogP contribution is 2.20. The third kappa shape index (κ3) is 4.99. The molecule has 1 amide bonds. The molecule has 128 valence electrons. The molecular weight excluding hydrogens is 304 g/mol. The summed E-state index contributed by atoms with van der Waals surface area (Å²) in [5.74, 6) is 0.560. The molecule has 0 aliphatic rings. The van der Waals surface area contributed by atoms with E-state index in [9.17, 15) is 4.79 Å². The smallest absolute Gasteiger partial charge is 0.253 e. The first-order valence-corrected chi connectivity index (χ1v) is 8.04. The Bertz CT molecular complexity index is 686. The van der Waals surface area contributed by atoms with Crippen LogP contribution < -0.4 is 15.8 Å². The molecular formula is C19H24N2O3. The number of hydrogen-bond acceptors (Lipinski definition) is 4. The van der Waals surface area contributed by atoms with Gasteiger partial charge in [-0.2, -0.15) is 0 Å². The summed E-state index contributed by atoms with van der Waals surface area (Å²) >= 11 is 0. The summed E-state index contributed by atoms with van der Waals surface area (Å²) < 4.78 is 11.1. The Morgan fingerprint density at radius 1 is 1.17 bits per heavy atom. The number of carbonyl (C=O) groups excluding carboxylic acids is 1. The number of nitrogen functional groups attached to an aromatic ring is 1. The third-order valence-electron chi connectivity index (χ3n) is 3.56. The monoisotopic (exact) mass is 328 g/mol. The van der Waals surface area contributed by atoms with Crippen molar-refractivity contribution in [3.05, 3.63) is 59.2 Å². The summed E-state index contributed by atoms with van der Waals surface area (Å²) in [5, 5.41) is 2.89. The van der Waals surface area contributed by atoms with Crippen LogP contribution in [0.2, 0.25) is 0 Å². The fraction of sp³-hybridized carbons (Fsp3) is 0.316. The highest BCUT2D eigenvalue weighted by molar-refractivity contribution is 5.99. The van der Waals surface area contributed by atoms with Crippen LogP contribution in [0.3, 0.4) is 0 Å². The molecule has 0 radical (unpaired) electrons. The zero-order valence-electron chi connectivity index (χ0n) is 14.2. The maximum atomic E-state index is 12.3. The van der Waals surface area contributed by atoms with Crippen LogP contribution in [0.15, 0.2) is 42.5 Å². The highest BCUT2D eigenvalue weighted by atomic mass is 16.5. The van der Waals surface area contributed by atoms with Gasteiger partial charge in [0, 0.05) is 24.4 Å². The van der Waals surface area contributed by atoms with E-state index in [1.54, 1.807) is 24.3 Å². The van der Waals surface area contributed by atoms with Gasteiger partial charge >= 0.3 is 0 Å². The van der Waals surface area contributed by atoms with Crippen molar-refractivity contribution in [1.82, 2.24) is 5.32 Å². The number of hydrogen-bond donors (Lipinski definition) is 2. The average Bonchev–Trinajstić information content (AvgIpc) is 2.58. The van der Waals surface area contributed by atoms with Crippen molar-refractivity contribution in [3.63, 3.8) is 0 Å². The Balaban J connectivity index is 2.01. The van der Waals surface area contributed by atoms with Crippen molar-refractivity contribution in [2.75, 3.05) is 25.6 Å². The fourth-order valence-electron chi connectivity index (χ4n) is 2.27. The van der Waals surface area contributed by atoms with E-state index in [0.717, 1.165) is 16.9 Å². The molecule has 5 nitrogen and oxygen atoms in total. The standard InChI is InChI=1S/C19H24N2O3/c1-3-23-10-11-24-18-12-14(2)8-9-15(18)13-21-19(22)16-6-4-5-7-17(16)20/h4-9,12H,3,10-11,13,20H2,1-2H3,(H,21,22). The molecule has 0 saturated heterocycles. The van der Waals surface area contributed by atoms with Gasteiger partial charge in [0.15, 0.2) is 0 Å². The Labute approximate surface area is 142 Å². The third-order valence-corrected chi connectivity index (χ3v) is 3.56. The van der Waals surface area contributed by atoms with Crippen LogP contribution in [0.4, 0.5) is 5.69 Å². The Morgan fingerprint density at radius 3 is 2.71 bits per heavy atom. The molecule has 24 heavy (non-hydrogen) atoms. The molecule has 0 heterocycles. The van der Waals surface area contributed by atoms with E-state index in [-0.39, 0.29) is 5.91 Å². The van der Waals surface area contributed by atoms with Crippen molar-refractivity contribution in [3.8, 4) is 5.75 Å². The molecule has 0 fully saturated rings. The lowest BCUT2D eigenvalue weighted by molar-refractivity contribution is 0.0950. The van der Waals surface area contributed by atoms with Gasteiger partial charge in [0.05, 0.1) is 12.2 Å². The molecule has 0 aromatic heterocycles. The summed E-state index contributed by atoms with van der Waals surface area (Å²) in [6, 6.07) is 12.9. The number of nitrogens with one attached hydrogen (secondary N) is 1. The lowest BCUT2D eigenvalue weighted by Crippen LogP contribution is -2.24. The zero-order valence-corrected chi connectivity index (χ0v) is 14.2. The van der Waals surface area contributed by atoms with Gasteiger partial charge in [0.1, 0.15) is 12.4 Å². The van der Waals surface area contributed by atoms with E-state index < -0.39 is 0 Å². The predicted octanol–water partition coefficient (Wildman–Crippen LogP) is 2.92. The van der Waals surface area contributed by atoms with Crippen molar-refractivity contribution in [2.45, 2.75) is 20.4 Å². The second-order valence-electron chi connectivity index (χ2n) is 5.43. The first-order valence-electron chi connectivity index (χ1n) is 8.04. The SMILES string of the molecule is CCOCCOc1cc(C)ccc1CNC(=O)c1ccccc1N. The molecule has 2 rings (SSSR count). The first-order chi connectivity index (χ1) is 11.6. The number of carbonyl (C=O) groups is 1. The number of ether oxygens (including phenoxy) is 2. The second-order valence-corrected chi connectivity index (χ2v) is 5.43. The topological polar surface area (TPSA) is 73.6 Å². The fourth-order valence-corrected chi connectivity index (χ4v) is 2.27. The largest absolute Gasteiger partial charge is 0.491 e. The number of anilines is 1. The van der Waals surface area contributed by atoms with E-state index in [0.29, 0.717) is 37.6 Å². The average molecular weight is 328 g/mol. The minimum absolute atomic E-state index is 0.200. The number of rotatable bonds is 8. The Morgan fingerprint density at radius 2 is 1.96 bits per heavy atom. The summed E-state index contributed by atoms with van der Waals surface area (Å²) in [6.45, 7) is 6.00. The maximum Gasteiger partial charge on any atom is 0.253 e. The van der Waals surface area contributed by atoms with Gasteiger partial charge in [0.25, 0.3) is 5.91 Å². The van der Waals surface area contributed by atoms with Gasteiger partial charge in [0.2, 0.25) is 0 Å². The lowest BCUT2D eigenvalue weighted by Gasteiger charge is -2.14. The van der Waals surface area contributed by atoms with Crippen LogP contribution in [-0.4, -0.2) is 25.7 Å². The number of para-hydroxylation sites is 1. The molecule has 3 N–H and O–H groups in total. The molecule has 0 spiro atoms. The first kappa shape index (κ1) is 17.8. The van der Waals surface area contributed by atoms with Gasteiger partial charge in [-0.15, -0.1) is 0 Å². The zero-order chi connectivity index (χ0) is 17.4. The summed E-state index contributed by atoms with van der Waals surface area (Å²) in [4.78, 5) is 12.3. The minimum atomic E-state index is -0.200. The quantitative estimate of drug-likeness (QED) is 0.577. The maximum absolute atomic E-state index is 12.3. The van der Waals surface area contributed by atoms with Gasteiger partial charge in [-0.05, 0) is 37.6 Å². The van der Waals surface area contributed by atoms with Gasteiger partial charge < -0.3 is 20.5 Å². The van der Waals surface area contributed by atoms with Gasteiger partial charge in [-0.3, -0.25) is 4.79 Å².